The van der Waals surface area contributed by atoms with Gasteiger partial charge in [0.05, 0.1) is 12.1 Å². The minimum atomic E-state index is -4.42. The maximum absolute atomic E-state index is 13.0. The van der Waals surface area contributed by atoms with Gasteiger partial charge in [-0.05, 0) is 61.4 Å². The number of benzene rings is 2. The molecule has 35 heavy (non-hydrogen) atoms. The van der Waals surface area contributed by atoms with Crippen LogP contribution >= 0.6 is 11.6 Å². The zero-order valence-corrected chi connectivity index (χ0v) is 19.6. The van der Waals surface area contributed by atoms with Gasteiger partial charge in [0.1, 0.15) is 5.75 Å². The van der Waals surface area contributed by atoms with Crippen LogP contribution in [-0.4, -0.2) is 25.5 Å². The quantitative estimate of drug-likeness (QED) is 0.351. The molecular weight excluding hydrogens is 483 g/mol. The van der Waals surface area contributed by atoms with Gasteiger partial charge in [-0.15, -0.1) is 0 Å². The largest absolute Gasteiger partial charge is 0.471 e. The number of hydrogen-bond donors (Lipinski definition) is 1. The second-order valence-corrected chi connectivity index (χ2v) is 8.31. The van der Waals surface area contributed by atoms with E-state index in [0.717, 1.165) is 17.7 Å². The fourth-order valence-corrected chi connectivity index (χ4v) is 3.45. The van der Waals surface area contributed by atoms with Crippen molar-refractivity contribution in [3.8, 4) is 5.75 Å². The summed E-state index contributed by atoms with van der Waals surface area (Å²) < 4.78 is 47.6. The first-order chi connectivity index (χ1) is 16.6. The van der Waals surface area contributed by atoms with Crippen LogP contribution in [0.3, 0.4) is 0 Å². The predicted octanol–water partition coefficient (Wildman–Crippen LogP) is 5.71. The van der Waals surface area contributed by atoms with Crippen LogP contribution in [0.1, 0.15) is 32.9 Å². The summed E-state index contributed by atoms with van der Waals surface area (Å²) >= 11 is 6.01. The molecular formula is C24H21ClF3N5O2. The van der Waals surface area contributed by atoms with Gasteiger partial charge < -0.3 is 10.1 Å². The molecule has 0 atom stereocenters. The van der Waals surface area contributed by atoms with Crippen molar-refractivity contribution in [1.29, 1.82) is 0 Å². The Kier molecular flexibility index (Phi) is 6.83. The molecule has 0 aliphatic heterocycles. The summed E-state index contributed by atoms with van der Waals surface area (Å²) in [5.41, 5.74) is 1.44. The van der Waals surface area contributed by atoms with E-state index in [4.69, 9.17) is 16.3 Å². The number of ether oxygens (including phenoxy) is 1. The molecule has 7 nitrogen and oxygen atoms in total. The maximum Gasteiger partial charge on any atom is 0.416 e. The summed E-state index contributed by atoms with van der Waals surface area (Å²) in [5.74, 6) is 0.409. The lowest BCUT2D eigenvalue weighted by Crippen LogP contribution is -2.15. The van der Waals surface area contributed by atoms with Gasteiger partial charge in [-0.25, -0.2) is 4.68 Å². The van der Waals surface area contributed by atoms with Crippen LogP contribution in [-0.2, 0) is 19.5 Å². The Labute approximate surface area is 204 Å². The Bertz CT molecular complexity index is 1360. The lowest BCUT2D eigenvalue weighted by Gasteiger charge is -2.09. The summed E-state index contributed by atoms with van der Waals surface area (Å²) in [4.78, 5) is 12.6. The molecule has 0 bridgehead atoms. The first kappa shape index (κ1) is 24.3. The van der Waals surface area contributed by atoms with Crippen molar-refractivity contribution in [3.05, 3.63) is 93.9 Å². The van der Waals surface area contributed by atoms with Crippen LogP contribution in [0.15, 0.2) is 60.8 Å². The molecule has 4 rings (SSSR count). The number of aryl methyl sites for hydroxylation is 2. The topological polar surface area (TPSA) is 74.0 Å². The Morgan fingerprint density at radius 2 is 1.89 bits per heavy atom. The van der Waals surface area contributed by atoms with Crippen LogP contribution in [0, 0.1) is 13.8 Å². The normalized spacial score (nSPS) is 11.5. The number of carbonyl (C=O) groups is 1. The van der Waals surface area contributed by atoms with E-state index in [2.05, 4.69) is 15.5 Å². The van der Waals surface area contributed by atoms with Gasteiger partial charge in [-0.2, -0.15) is 23.4 Å². The van der Waals surface area contributed by atoms with Crippen molar-refractivity contribution in [2.45, 2.75) is 33.3 Å². The van der Waals surface area contributed by atoms with Crippen molar-refractivity contribution in [3.63, 3.8) is 0 Å². The van der Waals surface area contributed by atoms with Gasteiger partial charge in [-0.1, -0.05) is 23.7 Å². The number of carbonyl (C=O) groups excluding carboxylic acids is 1. The highest BCUT2D eigenvalue weighted by Gasteiger charge is 2.30. The molecule has 0 aliphatic carbocycles. The van der Waals surface area contributed by atoms with Gasteiger partial charge in [0.25, 0.3) is 5.91 Å². The summed E-state index contributed by atoms with van der Waals surface area (Å²) in [6.45, 7) is 3.84. The molecule has 0 saturated heterocycles. The van der Waals surface area contributed by atoms with E-state index in [0.29, 0.717) is 22.0 Å². The zero-order chi connectivity index (χ0) is 25.2. The van der Waals surface area contributed by atoms with Gasteiger partial charge >= 0.3 is 6.18 Å². The second-order valence-electron chi connectivity index (χ2n) is 7.91. The third-order valence-corrected chi connectivity index (χ3v) is 5.60. The molecule has 4 aromatic rings. The molecule has 0 saturated carbocycles. The number of aromatic nitrogens is 4. The number of halogens is 4. The molecule has 2 aromatic carbocycles. The van der Waals surface area contributed by atoms with Crippen LogP contribution < -0.4 is 10.1 Å². The standard InChI is InChI=1S/C24H21ClF3N5O2/c1-15-10-19(6-7-20(15)25)35-14-32-9-8-21(30-32)23(34)29-22-11-16(2)33(31-22)13-17-4-3-5-18(12-17)24(26,27)28/h3-12H,13-14H2,1-2H3,(H,29,31,34). The van der Waals surface area contributed by atoms with Crippen molar-refractivity contribution >= 4 is 23.3 Å². The molecule has 0 aliphatic rings. The summed E-state index contributed by atoms with van der Waals surface area (Å²) in [6.07, 6.45) is -2.81. The fourth-order valence-electron chi connectivity index (χ4n) is 3.33. The van der Waals surface area contributed by atoms with E-state index in [-0.39, 0.29) is 24.8 Å². The lowest BCUT2D eigenvalue weighted by atomic mass is 10.1. The molecule has 182 valence electrons. The molecule has 0 spiro atoms. The number of anilines is 1. The smallest absolute Gasteiger partial charge is 0.416 e. The highest BCUT2D eigenvalue weighted by atomic mass is 35.5. The van der Waals surface area contributed by atoms with Crippen LogP contribution in [0.5, 0.6) is 5.75 Å². The van der Waals surface area contributed by atoms with Gasteiger partial charge in [-0.3, -0.25) is 9.48 Å². The Balaban J connectivity index is 1.38. The van der Waals surface area contributed by atoms with E-state index in [1.807, 2.05) is 6.92 Å². The third kappa shape index (κ3) is 6.02. The molecule has 11 heteroatoms. The molecule has 2 heterocycles. The van der Waals surface area contributed by atoms with E-state index >= 15 is 0 Å². The molecule has 2 aromatic heterocycles. The minimum absolute atomic E-state index is 0.0963. The van der Waals surface area contributed by atoms with Crippen LogP contribution in [0.2, 0.25) is 5.02 Å². The molecule has 0 unspecified atom stereocenters. The van der Waals surface area contributed by atoms with Gasteiger partial charge in [0, 0.05) is 23.0 Å². The monoisotopic (exact) mass is 503 g/mol. The van der Waals surface area contributed by atoms with Crippen molar-refractivity contribution in [2.75, 3.05) is 5.32 Å². The van der Waals surface area contributed by atoms with Gasteiger partial charge in [0.15, 0.2) is 18.2 Å². The number of hydrogen-bond acceptors (Lipinski definition) is 4. The first-order valence-electron chi connectivity index (χ1n) is 10.5. The minimum Gasteiger partial charge on any atom is -0.471 e. The maximum atomic E-state index is 13.0. The van der Waals surface area contributed by atoms with E-state index in [9.17, 15) is 18.0 Å². The number of alkyl halides is 3. The Hall–Kier alpha value is -3.79. The fraction of sp³-hybridized carbons (Fsp3) is 0.208. The number of nitrogens with one attached hydrogen (secondary N) is 1. The highest BCUT2D eigenvalue weighted by molar-refractivity contribution is 6.31. The van der Waals surface area contributed by atoms with Crippen LogP contribution in [0.25, 0.3) is 0 Å². The summed E-state index contributed by atoms with van der Waals surface area (Å²) in [5, 5.41) is 11.8. The highest BCUT2D eigenvalue weighted by Crippen LogP contribution is 2.29. The van der Waals surface area contributed by atoms with Crippen molar-refractivity contribution in [2.24, 2.45) is 0 Å². The van der Waals surface area contributed by atoms with Crippen molar-refractivity contribution in [1.82, 2.24) is 19.6 Å². The zero-order valence-electron chi connectivity index (χ0n) is 18.8. The summed E-state index contributed by atoms with van der Waals surface area (Å²) in [7, 11) is 0. The predicted molar refractivity (Wildman–Crippen MR) is 125 cm³/mol. The summed E-state index contributed by atoms with van der Waals surface area (Å²) in [6, 6.07) is 13.5. The lowest BCUT2D eigenvalue weighted by molar-refractivity contribution is -0.137. The second kappa shape index (κ2) is 9.83. The Morgan fingerprint density at radius 1 is 1.09 bits per heavy atom. The Morgan fingerprint density at radius 3 is 2.63 bits per heavy atom. The molecule has 0 fully saturated rings. The SMILES string of the molecule is Cc1cc(OCn2ccc(C(=O)Nc3cc(C)n(Cc4cccc(C(F)(F)F)c4)n3)n2)ccc1Cl. The third-order valence-electron chi connectivity index (χ3n) is 5.18. The first-order valence-corrected chi connectivity index (χ1v) is 10.9. The van der Waals surface area contributed by atoms with E-state index < -0.39 is 17.6 Å². The average molecular weight is 504 g/mol. The number of rotatable bonds is 7. The average Bonchev–Trinajstić information content (AvgIpc) is 3.41. The molecule has 1 amide bonds. The van der Waals surface area contributed by atoms with E-state index in [1.54, 1.807) is 43.5 Å². The van der Waals surface area contributed by atoms with Crippen LogP contribution in [0.4, 0.5) is 19.0 Å². The van der Waals surface area contributed by atoms with Gasteiger partial charge in [0.2, 0.25) is 0 Å². The number of nitrogens with zero attached hydrogens (tertiary/aromatic N) is 4. The molecule has 0 radical (unpaired) electrons. The molecule has 1 N–H and O–H groups in total. The number of amides is 1. The van der Waals surface area contributed by atoms with E-state index in [1.165, 1.54) is 21.5 Å². The van der Waals surface area contributed by atoms with Crippen molar-refractivity contribution < 1.29 is 22.7 Å².